The quantitative estimate of drug-likeness (QED) is 0.352. The van der Waals surface area contributed by atoms with E-state index >= 15 is 0 Å². The number of ether oxygens (including phenoxy) is 1. The standard InChI is InChI=1S/C18H42N2O/c1-7-13-19(3,4)15-9-11-17-21-18-12-10-16-20(5,6)14-8-2/h7-18H2,1-6H3/q+2. The molecule has 0 radical (unpaired) electrons. The van der Waals surface area contributed by atoms with Crippen LogP contribution in [-0.4, -0.2) is 76.5 Å². The van der Waals surface area contributed by atoms with Gasteiger partial charge in [-0.15, -0.1) is 0 Å². The van der Waals surface area contributed by atoms with Crippen LogP contribution in [0.3, 0.4) is 0 Å². The lowest BCUT2D eigenvalue weighted by Gasteiger charge is -2.29. The van der Waals surface area contributed by atoms with Crippen LogP contribution >= 0.6 is 0 Å². The van der Waals surface area contributed by atoms with Gasteiger partial charge in [0.05, 0.1) is 54.4 Å². The highest BCUT2D eigenvalue weighted by molar-refractivity contribution is 4.43. The summed E-state index contributed by atoms with van der Waals surface area (Å²) < 4.78 is 8.08. The molecule has 0 fully saturated rings. The SMILES string of the molecule is CCC[N+](C)(C)CCCCOCCCC[N+](C)(C)CCC. The van der Waals surface area contributed by atoms with Crippen molar-refractivity contribution >= 4 is 0 Å². The van der Waals surface area contributed by atoms with Crippen molar-refractivity contribution in [3.05, 3.63) is 0 Å². The molecule has 0 N–H and O–H groups in total. The summed E-state index contributed by atoms with van der Waals surface area (Å²) in [6.45, 7) is 11.5. The molecule has 0 bridgehead atoms. The van der Waals surface area contributed by atoms with E-state index in [0.717, 1.165) is 22.2 Å². The van der Waals surface area contributed by atoms with E-state index < -0.39 is 0 Å². The van der Waals surface area contributed by atoms with Crippen LogP contribution < -0.4 is 0 Å². The Bertz CT molecular complexity index is 215. The molecule has 0 unspecified atom stereocenters. The first-order valence-corrected chi connectivity index (χ1v) is 9.05. The van der Waals surface area contributed by atoms with Gasteiger partial charge < -0.3 is 13.7 Å². The lowest BCUT2D eigenvalue weighted by atomic mass is 10.2. The van der Waals surface area contributed by atoms with E-state index in [9.17, 15) is 0 Å². The Hall–Kier alpha value is -0.120. The van der Waals surface area contributed by atoms with Crippen molar-refractivity contribution in [2.45, 2.75) is 52.4 Å². The van der Waals surface area contributed by atoms with Gasteiger partial charge in [0, 0.05) is 13.2 Å². The Kier molecular flexibility index (Phi) is 11.4. The van der Waals surface area contributed by atoms with Gasteiger partial charge >= 0.3 is 0 Å². The first-order chi connectivity index (χ1) is 9.83. The van der Waals surface area contributed by atoms with Crippen molar-refractivity contribution in [3.8, 4) is 0 Å². The van der Waals surface area contributed by atoms with Gasteiger partial charge in [-0.05, 0) is 38.5 Å². The first-order valence-electron chi connectivity index (χ1n) is 9.05. The molecule has 3 heteroatoms. The molecule has 0 aromatic rings. The van der Waals surface area contributed by atoms with Crippen molar-refractivity contribution in [2.24, 2.45) is 0 Å². The molecular formula is C18H42N2O+2. The van der Waals surface area contributed by atoms with Crippen molar-refractivity contribution in [3.63, 3.8) is 0 Å². The van der Waals surface area contributed by atoms with E-state index in [4.69, 9.17) is 4.74 Å². The second-order valence-electron chi connectivity index (χ2n) is 7.79. The summed E-state index contributed by atoms with van der Waals surface area (Å²) in [4.78, 5) is 0. The molecule has 0 rings (SSSR count). The van der Waals surface area contributed by atoms with E-state index in [1.807, 2.05) is 0 Å². The summed E-state index contributed by atoms with van der Waals surface area (Å²) >= 11 is 0. The zero-order valence-corrected chi connectivity index (χ0v) is 15.8. The minimum absolute atomic E-state index is 0.944. The third-order valence-corrected chi connectivity index (χ3v) is 4.26. The van der Waals surface area contributed by atoms with E-state index in [2.05, 4.69) is 42.0 Å². The first kappa shape index (κ1) is 20.9. The Balaban J connectivity index is 3.37. The van der Waals surface area contributed by atoms with Crippen molar-refractivity contribution < 1.29 is 13.7 Å². The molecule has 0 spiro atoms. The summed E-state index contributed by atoms with van der Waals surface area (Å²) in [5.41, 5.74) is 0. The zero-order chi connectivity index (χ0) is 16.2. The molecule has 0 saturated heterocycles. The molecule has 0 heterocycles. The molecule has 0 aliphatic carbocycles. The van der Waals surface area contributed by atoms with E-state index in [1.165, 1.54) is 64.7 Å². The highest BCUT2D eigenvalue weighted by atomic mass is 16.5. The lowest BCUT2D eigenvalue weighted by molar-refractivity contribution is -0.890. The monoisotopic (exact) mass is 302 g/mol. The largest absolute Gasteiger partial charge is 0.381 e. The number of hydrogen-bond donors (Lipinski definition) is 0. The molecular weight excluding hydrogens is 260 g/mol. The molecule has 21 heavy (non-hydrogen) atoms. The summed E-state index contributed by atoms with van der Waals surface area (Å²) in [6.07, 6.45) is 7.54. The van der Waals surface area contributed by atoms with E-state index in [-0.39, 0.29) is 0 Å². The van der Waals surface area contributed by atoms with Crippen molar-refractivity contribution in [1.29, 1.82) is 0 Å². The molecule has 128 valence electrons. The summed E-state index contributed by atoms with van der Waals surface area (Å²) in [6, 6.07) is 0. The summed E-state index contributed by atoms with van der Waals surface area (Å²) in [5.74, 6) is 0. The molecule has 3 nitrogen and oxygen atoms in total. The molecule has 0 aromatic heterocycles. The van der Waals surface area contributed by atoms with Crippen LogP contribution in [0.5, 0.6) is 0 Å². The number of rotatable bonds is 14. The maximum absolute atomic E-state index is 5.77. The van der Waals surface area contributed by atoms with Crippen LogP contribution in [0.2, 0.25) is 0 Å². The topological polar surface area (TPSA) is 9.23 Å². The fraction of sp³-hybridized carbons (Fsp3) is 1.00. The molecule has 0 aromatic carbocycles. The number of quaternary nitrogens is 2. The van der Waals surface area contributed by atoms with Gasteiger partial charge in [0.25, 0.3) is 0 Å². The predicted octanol–water partition coefficient (Wildman–Crippen LogP) is 3.54. The Morgan fingerprint density at radius 1 is 0.571 bits per heavy atom. The maximum Gasteiger partial charge on any atom is 0.0783 e. The Morgan fingerprint density at radius 2 is 0.952 bits per heavy atom. The van der Waals surface area contributed by atoms with Crippen LogP contribution in [0.25, 0.3) is 0 Å². The van der Waals surface area contributed by atoms with Crippen LogP contribution in [0.15, 0.2) is 0 Å². The van der Waals surface area contributed by atoms with Crippen LogP contribution in [0.4, 0.5) is 0 Å². The van der Waals surface area contributed by atoms with Crippen LogP contribution in [-0.2, 0) is 4.74 Å². The van der Waals surface area contributed by atoms with E-state index in [0.29, 0.717) is 0 Å². The van der Waals surface area contributed by atoms with Gasteiger partial charge in [0.15, 0.2) is 0 Å². The number of nitrogens with zero attached hydrogens (tertiary/aromatic N) is 2. The second kappa shape index (κ2) is 11.4. The van der Waals surface area contributed by atoms with Crippen molar-refractivity contribution in [2.75, 3.05) is 67.6 Å². The molecule has 0 amide bonds. The van der Waals surface area contributed by atoms with Crippen LogP contribution in [0.1, 0.15) is 52.4 Å². The molecule has 0 aliphatic rings. The lowest BCUT2D eigenvalue weighted by Crippen LogP contribution is -2.41. The normalized spacial score (nSPS) is 12.9. The average Bonchev–Trinajstić information content (AvgIpc) is 2.36. The Morgan fingerprint density at radius 3 is 1.29 bits per heavy atom. The predicted molar refractivity (Wildman–Crippen MR) is 93.6 cm³/mol. The second-order valence-corrected chi connectivity index (χ2v) is 7.79. The molecule has 0 aliphatic heterocycles. The van der Waals surface area contributed by atoms with Crippen molar-refractivity contribution in [1.82, 2.24) is 0 Å². The smallest absolute Gasteiger partial charge is 0.0783 e. The average molecular weight is 303 g/mol. The summed E-state index contributed by atoms with van der Waals surface area (Å²) in [7, 11) is 9.34. The Labute approximate surface area is 134 Å². The molecule has 0 atom stereocenters. The number of unbranched alkanes of at least 4 members (excludes halogenated alkanes) is 2. The van der Waals surface area contributed by atoms with Gasteiger partial charge in [-0.2, -0.15) is 0 Å². The summed E-state index contributed by atoms with van der Waals surface area (Å²) in [5, 5.41) is 0. The fourth-order valence-corrected chi connectivity index (χ4v) is 3.02. The maximum atomic E-state index is 5.77. The van der Waals surface area contributed by atoms with Gasteiger partial charge in [0.2, 0.25) is 0 Å². The van der Waals surface area contributed by atoms with Gasteiger partial charge in [-0.25, -0.2) is 0 Å². The van der Waals surface area contributed by atoms with E-state index in [1.54, 1.807) is 0 Å². The minimum atomic E-state index is 0.944. The fourth-order valence-electron chi connectivity index (χ4n) is 3.02. The van der Waals surface area contributed by atoms with Gasteiger partial charge in [0.1, 0.15) is 0 Å². The highest BCUT2D eigenvalue weighted by Gasteiger charge is 2.13. The van der Waals surface area contributed by atoms with Crippen LogP contribution in [0, 0.1) is 0 Å². The molecule has 0 saturated carbocycles. The van der Waals surface area contributed by atoms with Gasteiger partial charge in [-0.1, -0.05) is 13.8 Å². The third-order valence-electron chi connectivity index (χ3n) is 4.26. The third kappa shape index (κ3) is 13.3. The number of hydrogen-bond acceptors (Lipinski definition) is 1. The highest BCUT2D eigenvalue weighted by Crippen LogP contribution is 2.05. The zero-order valence-electron chi connectivity index (χ0n) is 15.8. The minimum Gasteiger partial charge on any atom is -0.381 e. The van der Waals surface area contributed by atoms with Gasteiger partial charge in [-0.3, -0.25) is 0 Å².